The van der Waals surface area contributed by atoms with Crippen molar-refractivity contribution >= 4 is 5.69 Å². The summed E-state index contributed by atoms with van der Waals surface area (Å²) >= 11 is 0. The summed E-state index contributed by atoms with van der Waals surface area (Å²) in [5, 5.41) is 21.6. The number of nitrogens with zero attached hydrogens (tertiary/aromatic N) is 1. The molecule has 1 aromatic carbocycles. The molecule has 1 fully saturated rings. The predicted octanol–water partition coefficient (Wildman–Crippen LogP) is 2.02. The lowest BCUT2D eigenvalue weighted by atomic mass is 9.80. The van der Waals surface area contributed by atoms with Crippen molar-refractivity contribution in [2.45, 2.75) is 24.9 Å². The quantitative estimate of drug-likeness (QED) is 0.819. The molecule has 3 nitrogen and oxygen atoms in total. The van der Waals surface area contributed by atoms with E-state index in [0.29, 0.717) is 12.2 Å². The highest BCUT2D eigenvalue weighted by Gasteiger charge is 2.34. The number of rotatable bonds is 3. The van der Waals surface area contributed by atoms with Crippen LogP contribution >= 0.6 is 0 Å². The fraction of sp³-hybridized carbons (Fsp3) is 0.417. The molecule has 16 heavy (non-hydrogen) atoms. The molecular weight excluding hydrogens is 207 g/mol. The molecule has 1 aromatic rings. The molecule has 0 atom stereocenters. The van der Waals surface area contributed by atoms with Crippen LogP contribution in [0.2, 0.25) is 0 Å². The van der Waals surface area contributed by atoms with Crippen LogP contribution in [-0.2, 0) is 0 Å². The van der Waals surface area contributed by atoms with Crippen LogP contribution in [0.3, 0.4) is 0 Å². The van der Waals surface area contributed by atoms with Gasteiger partial charge in [-0.1, -0.05) is 6.07 Å². The Hall–Kier alpha value is -1.60. The zero-order chi connectivity index (χ0) is 11.6. The molecule has 0 spiro atoms. The maximum atomic E-state index is 13.2. The number of hydrogen-bond donors (Lipinski definition) is 2. The van der Waals surface area contributed by atoms with Crippen LogP contribution < -0.4 is 5.32 Å². The minimum atomic E-state index is -0.682. The van der Waals surface area contributed by atoms with Crippen LogP contribution in [0.4, 0.5) is 10.1 Å². The van der Waals surface area contributed by atoms with Gasteiger partial charge in [-0.05, 0) is 31.4 Å². The third kappa shape index (κ3) is 2.00. The van der Waals surface area contributed by atoms with E-state index in [2.05, 4.69) is 5.32 Å². The van der Waals surface area contributed by atoms with Crippen molar-refractivity contribution in [3.8, 4) is 6.07 Å². The zero-order valence-electron chi connectivity index (χ0n) is 8.83. The summed E-state index contributed by atoms with van der Waals surface area (Å²) in [6.07, 6.45) is 2.54. The first-order chi connectivity index (χ1) is 7.64. The van der Waals surface area contributed by atoms with Crippen LogP contribution in [0.15, 0.2) is 18.2 Å². The van der Waals surface area contributed by atoms with E-state index in [9.17, 15) is 9.50 Å². The van der Waals surface area contributed by atoms with Gasteiger partial charge in [0.15, 0.2) is 0 Å². The number of benzene rings is 1. The Morgan fingerprint density at radius 3 is 2.81 bits per heavy atom. The predicted molar refractivity (Wildman–Crippen MR) is 58.4 cm³/mol. The SMILES string of the molecule is N#Cc1c(F)cccc1NCC1(O)CCC1. The smallest absolute Gasteiger partial charge is 0.143 e. The van der Waals surface area contributed by atoms with Gasteiger partial charge in [-0.3, -0.25) is 0 Å². The molecule has 0 radical (unpaired) electrons. The van der Waals surface area contributed by atoms with Gasteiger partial charge in [0, 0.05) is 6.54 Å². The average Bonchev–Trinajstić information content (AvgIpc) is 2.24. The number of anilines is 1. The highest BCUT2D eigenvalue weighted by Crippen LogP contribution is 2.32. The molecule has 0 heterocycles. The van der Waals surface area contributed by atoms with E-state index in [-0.39, 0.29) is 5.56 Å². The monoisotopic (exact) mass is 220 g/mol. The van der Waals surface area contributed by atoms with Gasteiger partial charge in [0.25, 0.3) is 0 Å². The van der Waals surface area contributed by atoms with Gasteiger partial charge in [0.1, 0.15) is 17.4 Å². The standard InChI is InChI=1S/C12H13FN2O/c13-10-3-1-4-11(9(10)7-14)15-8-12(16)5-2-6-12/h1,3-4,15-16H,2,5-6,8H2. The largest absolute Gasteiger partial charge is 0.388 e. The first-order valence-electron chi connectivity index (χ1n) is 5.29. The summed E-state index contributed by atoms with van der Waals surface area (Å²) in [6.45, 7) is 0.366. The maximum Gasteiger partial charge on any atom is 0.143 e. The summed E-state index contributed by atoms with van der Waals surface area (Å²) in [4.78, 5) is 0. The second-order valence-corrected chi connectivity index (χ2v) is 4.21. The highest BCUT2D eigenvalue weighted by atomic mass is 19.1. The first-order valence-corrected chi connectivity index (χ1v) is 5.29. The van der Waals surface area contributed by atoms with Crippen LogP contribution in [0.5, 0.6) is 0 Å². The lowest BCUT2D eigenvalue weighted by Crippen LogP contribution is -2.43. The zero-order valence-corrected chi connectivity index (χ0v) is 8.83. The lowest BCUT2D eigenvalue weighted by molar-refractivity contribution is -0.0202. The second-order valence-electron chi connectivity index (χ2n) is 4.21. The van der Waals surface area contributed by atoms with Gasteiger partial charge in [-0.2, -0.15) is 5.26 Å². The third-order valence-corrected chi connectivity index (χ3v) is 3.02. The van der Waals surface area contributed by atoms with Crippen molar-refractivity contribution in [2.24, 2.45) is 0 Å². The first kappa shape index (κ1) is 10.9. The van der Waals surface area contributed by atoms with E-state index in [1.165, 1.54) is 6.07 Å². The normalized spacial score (nSPS) is 17.3. The van der Waals surface area contributed by atoms with Gasteiger partial charge in [0.05, 0.1) is 11.3 Å². The molecule has 0 saturated heterocycles. The third-order valence-electron chi connectivity index (χ3n) is 3.02. The summed E-state index contributed by atoms with van der Waals surface area (Å²) in [7, 11) is 0. The molecule has 0 bridgehead atoms. The summed E-state index contributed by atoms with van der Waals surface area (Å²) in [6, 6.07) is 6.26. The number of halogens is 1. The molecule has 84 valence electrons. The van der Waals surface area contributed by atoms with Gasteiger partial charge >= 0.3 is 0 Å². The maximum absolute atomic E-state index is 13.2. The van der Waals surface area contributed by atoms with Gasteiger partial charge < -0.3 is 10.4 Å². The van der Waals surface area contributed by atoms with Crippen LogP contribution in [-0.4, -0.2) is 17.3 Å². The number of hydrogen-bond acceptors (Lipinski definition) is 3. The van der Waals surface area contributed by atoms with Crippen molar-refractivity contribution in [3.63, 3.8) is 0 Å². The summed E-state index contributed by atoms with van der Waals surface area (Å²) in [5.41, 5.74) is -0.229. The van der Waals surface area contributed by atoms with Crippen LogP contribution in [0.1, 0.15) is 24.8 Å². The van der Waals surface area contributed by atoms with E-state index in [0.717, 1.165) is 19.3 Å². The number of nitriles is 1. The molecule has 0 unspecified atom stereocenters. The van der Waals surface area contributed by atoms with Crippen molar-refractivity contribution in [1.29, 1.82) is 5.26 Å². The summed E-state index contributed by atoms with van der Waals surface area (Å²) < 4.78 is 13.2. The highest BCUT2D eigenvalue weighted by molar-refractivity contribution is 5.58. The van der Waals surface area contributed by atoms with Crippen molar-refractivity contribution in [3.05, 3.63) is 29.6 Å². The minimum Gasteiger partial charge on any atom is -0.388 e. The fourth-order valence-corrected chi connectivity index (χ4v) is 1.81. The molecule has 1 saturated carbocycles. The van der Waals surface area contributed by atoms with E-state index >= 15 is 0 Å². The Kier molecular flexibility index (Phi) is 2.80. The van der Waals surface area contributed by atoms with E-state index in [1.54, 1.807) is 12.1 Å². The molecule has 1 aliphatic carbocycles. The van der Waals surface area contributed by atoms with Crippen LogP contribution in [0.25, 0.3) is 0 Å². The molecule has 0 aromatic heterocycles. The van der Waals surface area contributed by atoms with E-state index < -0.39 is 11.4 Å². The van der Waals surface area contributed by atoms with Crippen molar-refractivity contribution in [1.82, 2.24) is 0 Å². The van der Waals surface area contributed by atoms with Gasteiger partial charge in [-0.15, -0.1) is 0 Å². The Labute approximate surface area is 93.5 Å². The van der Waals surface area contributed by atoms with Crippen LogP contribution in [0, 0.1) is 17.1 Å². The van der Waals surface area contributed by atoms with Gasteiger partial charge in [0.2, 0.25) is 0 Å². The number of aliphatic hydroxyl groups is 1. The number of nitrogens with one attached hydrogen (secondary N) is 1. The van der Waals surface area contributed by atoms with Crippen molar-refractivity contribution < 1.29 is 9.50 Å². The fourth-order valence-electron chi connectivity index (χ4n) is 1.81. The second kappa shape index (κ2) is 4.11. The van der Waals surface area contributed by atoms with E-state index in [1.807, 2.05) is 6.07 Å². The Bertz CT molecular complexity index is 435. The Morgan fingerprint density at radius 2 is 2.25 bits per heavy atom. The molecule has 0 amide bonds. The lowest BCUT2D eigenvalue weighted by Gasteiger charge is -2.36. The Morgan fingerprint density at radius 1 is 1.50 bits per heavy atom. The molecule has 4 heteroatoms. The molecular formula is C12H13FN2O. The topological polar surface area (TPSA) is 56.0 Å². The van der Waals surface area contributed by atoms with Crippen molar-refractivity contribution in [2.75, 3.05) is 11.9 Å². The van der Waals surface area contributed by atoms with Gasteiger partial charge in [-0.25, -0.2) is 4.39 Å². The van der Waals surface area contributed by atoms with E-state index in [4.69, 9.17) is 5.26 Å². The Balaban J connectivity index is 2.10. The summed E-state index contributed by atoms with van der Waals surface area (Å²) in [5.74, 6) is -0.534. The molecule has 0 aliphatic heterocycles. The molecule has 1 aliphatic rings. The average molecular weight is 220 g/mol. The molecule has 2 N–H and O–H groups in total. The minimum absolute atomic E-state index is 0.00502. The molecule has 2 rings (SSSR count).